The van der Waals surface area contributed by atoms with E-state index in [1.807, 2.05) is 30.3 Å². The van der Waals surface area contributed by atoms with E-state index >= 15 is 0 Å². The largest absolute Gasteiger partial charge is 0.338 e. The smallest absolute Gasteiger partial charge is 0.272 e. The summed E-state index contributed by atoms with van der Waals surface area (Å²) >= 11 is 0. The monoisotopic (exact) mass is 408 g/mol. The maximum Gasteiger partial charge on any atom is 0.272 e. The van der Waals surface area contributed by atoms with Crippen LogP contribution in [-0.4, -0.2) is 43.8 Å². The molecule has 1 aliphatic rings. The first-order valence-electron chi connectivity index (χ1n) is 10.6. The van der Waals surface area contributed by atoms with E-state index in [4.69, 9.17) is 4.52 Å². The Balaban J connectivity index is 1.52. The zero-order valence-electron chi connectivity index (χ0n) is 17.5. The van der Waals surface area contributed by atoms with Crippen molar-refractivity contribution in [3.63, 3.8) is 0 Å². The van der Waals surface area contributed by atoms with E-state index in [1.54, 1.807) is 16.9 Å². The van der Waals surface area contributed by atoms with E-state index in [-0.39, 0.29) is 5.91 Å². The quantitative estimate of drug-likeness (QED) is 0.615. The lowest BCUT2D eigenvalue weighted by Gasteiger charge is -2.26. The van der Waals surface area contributed by atoms with Gasteiger partial charge < -0.3 is 9.84 Å². The summed E-state index contributed by atoms with van der Waals surface area (Å²) in [5.74, 6) is 0.933. The van der Waals surface area contributed by atoms with Gasteiger partial charge in [-0.05, 0) is 44.1 Å². The highest BCUT2D eigenvalue weighted by molar-refractivity contribution is 5.92. The lowest BCUT2D eigenvalue weighted by atomic mass is 9.96. The van der Waals surface area contributed by atoms with Gasteiger partial charge in [-0.2, -0.15) is 10.1 Å². The van der Waals surface area contributed by atoms with Gasteiger partial charge in [-0.25, -0.2) is 4.68 Å². The first-order chi connectivity index (χ1) is 14.6. The molecule has 8 nitrogen and oxygen atoms in total. The second-order valence-electron chi connectivity index (χ2n) is 7.70. The van der Waals surface area contributed by atoms with Crippen LogP contribution in [0.4, 0.5) is 0 Å². The Labute approximate surface area is 176 Å². The Morgan fingerprint density at radius 2 is 1.90 bits per heavy atom. The van der Waals surface area contributed by atoms with Gasteiger partial charge in [0, 0.05) is 6.20 Å². The average Bonchev–Trinajstić information content (AvgIpc) is 3.53. The number of nitrogens with one attached hydrogen (secondary N) is 1. The third-order valence-electron chi connectivity index (χ3n) is 5.80. The molecule has 0 unspecified atom stereocenters. The molecule has 1 aromatic carbocycles. The molecule has 2 aromatic heterocycles. The molecule has 158 valence electrons. The molecule has 3 aromatic rings. The van der Waals surface area contributed by atoms with Crippen LogP contribution in [0, 0.1) is 0 Å². The molecule has 1 saturated carbocycles. The van der Waals surface area contributed by atoms with Crippen LogP contribution in [0.2, 0.25) is 0 Å². The summed E-state index contributed by atoms with van der Waals surface area (Å²) in [5, 5.41) is 11.9. The molecule has 0 radical (unpaired) electrons. The summed E-state index contributed by atoms with van der Waals surface area (Å²) in [4.78, 5) is 19.9. The number of carbonyl (C=O) groups excluding carboxylic acids is 1. The number of hydrogen-bond acceptors (Lipinski definition) is 6. The van der Waals surface area contributed by atoms with Gasteiger partial charge in [-0.15, -0.1) is 0 Å². The molecule has 0 saturated heterocycles. The van der Waals surface area contributed by atoms with Gasteiger partial charge in [0.25, 0.3) is 5.91 Å². The second kappa shape index (κ2) is 8.79. The Hall–Kier alpha value is -3.00. The Kier molecular flexibility index (Phi) is 5.94. The minimum atomic E-state index is -0.599. The van der Waals surface area contributed by atoms with E-state index in [1.165, 1.54) is 0 Å². The number of rotatable bonds is 8. The SMILES string of the molecule is CCN(CC)Cc1nc(C2(NC(=O)c3ccn(-c4ccccc4)n3)CCCC2)no1. The third-order valence-corrected chi connectivity index (χ3v) is 5.80. The number of nitrogens with zero attached hydrogens (tertiary/aromatic N) is 5. The number of aromatic nitrogens is 4. The van der Waals surface area contributed by atoms with Crippen molar-refractivity contribution in [2.24, 2.45) is 0 Å². The van der Waals surface area contributed by atoms with E-state index in [2.05, 4.69) is 39.3 Å². The number of amides is 1. The van der Waals surface area contributed by atoms with E-state index in [9.17, 15) is 4.79 Å². The minimum Gasteiger partial charge on any atom is -0.338 e. The van der Waals surface area contributed by atoms with Gasteiger partial charge >= 0.3 is 0 Å². The predicted molar refractivity (Wildman–Crippen MR) is 112 cm³/mol. The van der Waals surface area contributed by atoms with Crippen LogP contribution >= 0.6 is 0 Å². The van der Waals surface area contributed by atoms with Crippen molar-refractivity contribution in [1.82, 2.24) is 30.1 Å². The van der Waals surface area contributed by atoms with Crippen molar-refractivity contribution in [1.29, 1.82) is 0 Å². The molecule has 1 aliphatic carbocycles. The van der Waals surface area contributed by atoms with Crippen LogP contribution in [0.25, 0.3) is 5.69 Å². The van der Waals surface area contributed by atoms with Crippen LogP contribution in [0.15, 0.2) is 47.1 Å². The average molecular weight is 409 g/mol. The van der Waals surface area contributed by atoms with Crippen LogP contribution in [0.1, 0.15) is 61.7 Å². The van der Waals surface area contributed by atoms with Crippen LogP contribution < -0.4 is 5.32 Å². The standard InChI is InChI=1S/C22H28N6O2/c1-3-27(4-2)16-19-23-21(26-30-19)22(13-8-9-14-22)24-20(29)18-12-15-28(25-18)17-10-6-5-7-11-17/h5-7,10-12,15H,3-4,8-9,13-14,16H2,1-2H3,(H,24,29). The van der Waals surface area contributed by atoms with Crippen molar-refractivity contribution in [2.45, 2.75) is 51.6 Å². The normalized spacial score (nSPS) is 15.6. The fourth-order valence-corrected chi connectivity index (χ4v) is 3.99. The molecule has 0 aliphatic heterocycles. The van der Waals surface area contributed by atoms with E-state index < -0.39 is 5.54 Å². The zero-order chi connectivity index (χ0) is 21.0. The van der Waals surface area contributed by atoms with Gasteiger partial charge in [0.05, 0.1) is 12.2 Å². The lowest BCUT2D eigenvalue weighted by Crippen LogP contribution is -2.44. The highest BCUT2D eigenvalue weighted by Gasteiger charge is 2.42. The summed E-state index contributed by atoms with van der Waals surface area (Å²) < 4.78 is 7.21. The number of hydrogen-bond donors (Lipinski definition) is 1. The first kappa shape index (κ1) is 20.3. The van der Waals surface area contributed by atoms with Crippen molar-refractivity contribution < 1.29 is 9.32 Å². The molecule has 4 rings (SSSR count). The molecule has 1 fully saturated rings. The van der Waals surface area contributed by atoms with E-state index in [0.717, 1.165) is 44.5 Å². The highest BCUT2D eigenvalue weighted by atomic mass is 16.5. The van der Waals surface area contributed by atoms with Crippen LogP contribution in [-0.2, 0) is 12.1 Å². The zero-order valence-corrected chi connectivity index (χ0v) is 17.5. The minimum absolute atomic E-state index is 0.221. The maximum absolute atomic E-state index is 13.0. The third kappa shape index (κ3) is 4.14. The molecule has 0 spiro atoms. The number of benzene rings is 1. The summed E-state index contributed by atoms with van der Waals surface area (Å²) in [6.45, 7) is 6.66. The molecule has 2 heterocycles. The molecular weight excluding hydrogens is 380 g/mol. The van der Waals surface area contributed by atoms with Crippen molar-refractivity contribution in [3.05, 3.63) is 60.0 Å². The number of carbonyl (C=O) groups is 1. The van der Waals surface area contributed by atoms with Crippen LogP contribution in [0.5, 0.6) is 0 Å². The highest BCUT2D eigenvalue weighted by Crippen LogP contribution is 2.37. The van der Waals surface area contributed by atoms with Gasteiger partial charge in [-0.1, -0.05) is 50.0 Å². The fraction of sp³-hybridized carbons (Fsp3) is 0.455. The molecule has 8 heteroatoms. The maximum atomic E-state index is 13.0. The van der Waals surface area contributed by atoms with Gasteiger partial charge in [0.2, 0.25) is 5.89 Å². The summed E-state index contributed by atoms with van der Waals surface area (Å²) in [5.41, 5.74) is 0.682. The fourth-order valence-electron chi connectivity index (χ4n) is 3.99. The van der Waals surface area contributed by atoms with Gasteiger partial charge in [0.1, 0.15) is 5.54 Å². The molecule has 0 atom stereocenters. The van der Waals surface area contributed by atoms with Crippen molar-refractivity contribution in [3.8, 4) is 5.69 Å². The van der Waals surface area contributed by atoms with Gasteiger partial charge in [-0.3, -0.25) is 9.69 Å². The van der Waals surface area contributed by atoms with Crippen molar-refractivity contribution >= 4 is 5.91 Å². The van der Waals surface area contributed by atoms with E-state index in [0.29, 0.717) is 24.0 Å². The number of para-hydroxylation sites is 1. The molecular formula is C22H28N6O2. The van der Waals surface area contributed by atoms with Gasteiger partial charge in [0.15, 0.2) is 11.5 Å². The molecule has 1 amide bonds. The Morgan fingerprint density at radius 1 is 1.17 bits per heavy atom. The topological polar surface area (TPSA) is 89.1 Å². The summed E-state index contributed by atoms with van der Waals surface area (Å²) in [6, 6.07) is 11.5. The summed E-state index contributed by atoms with van der Waals surface area (Å²) in [6.07, 6.45) is 5.41. The molecule has 1 N–H and O–H groups in total. The molecule has 0 bridgehead atoms. The molecule has 30 heavy (non-hydrogen) atoms. The van der Waals surface area contributed by atoms with Crippen LogP contribution in [0.3, 0.4) is 0 Å². The summed E-state index contributed by atoms with van der Waals surface area (Å²) in [7, 11) is 0. The predicted octanol–water partition coefficient (Wildman–Crippen LogP) is 3.30. The lowest BCUT2D eigenvalue weighted by molar-refractivity contribution is 0.0886. The Bertz CT molecular complexity index is 970. The second-order valence-corrected chi connectivity index (χ2v) is 7.70. The first-order valence-corrected chi connectivity index (χ1v) is 10.6. The Morgan fingerprint density at radius 3 is 2.60 bits per heavy atom. The van der Waals surface area contributed by atoms with Crippen molar-refractivity contribution in [2.75, 3.05) is 13.1 Å².